The van der Waals surface area contributed by atoms with E-state index in [-0.39, 0.29) is 11.0 Å². The van der Waals surface area contributed by atoms with Gasteiger partial charge in [0.1, 0.15) is 5.01 Å². The summed E-state index contributed by atoms with van der Waals surface area (Å²) >= 11 is 1.79. The molecule has 0 saturated carbocycles. The van der Waals surface area contributed by atoms with E-state index in [0.29, 0.717) is 12.0 Å². The molecule has 0 aliphatic rings. The van der Waals surface area contributed by atoms with Crippen molar-refractivity contribution in [1.29, 1.82) is 0 Å². The topological polar surface area (TPSA) is 24.9 Å². The molecule has 19 heavy (non-hydrogen) atoms. The molecule has 0 fully saturated rings. The number of aromatic nitrogens is 1. The van der Waals surface area contributed by atoms with Gasteiger partial charge in [0.25, 0.3) is 0 Å². The van der Waals surface area contributed by atoms with Crippen LogP contribution in [0.25, 0.3) is 0 Å². The van der Waals surface area contributed by atoms with Crippen molar-refractivity contribution in [3.8, 4) is 0 Å². The Morgan fingerprint density at radius 3 is 2.11 bits per heavy atom. The predicted molar refractivity (Wildman–Crippen MR) is 85.9 cm³/mol. The molecule has 0 aromatic carbocycles. The van der Waals surface area contributed by atoms with E-state index in [1.54, 1.807) is 11.3 Å². The van der Waals surface area contributed by atoms with E-state index < -0.39 is 0 Å². The molecular formula is C16H30N2S. The standard InChI is InChI=1S/C16H30N2S/c1-11(2)9-16(8,18-12(3)4)14-17-13(10-19-14)15(5,6)7/h10-12,18H,9H2,1-8H3. The van der Waals surface area contributed by atoms with Gasteiger partial charge in [-0.05, 0) is 33.1 Å². The average molecular weight is 282 g/mol. The second kappa shape index (κ2) is 5.92. The molecule has 0 radical (unpaired) electrons. The fraction of sp³-hybridized carbons (Fsp3) is 0.812. The monoisotopic (exact) mass is 282 g/mol. The van der Waals surface area contributed by atoms with Gasteiger partial charge in [0.2, 0.25) is 0 Å². The van der Waals surface area contributed by atoms with E-state index in [4.69, 9.17) is 4.98 Å². The van der Waals surface area contributed by atoms with Crippen molar-refractivity contribution in [2.24, 2.45) is 5.92 Å². The number of rotatable bonds is 5. The fourth-order valence-electron chi connectivity index (χ4n) is 2.53. The molecule has 0 aliphatic heterocycles. The number of hydrogen-bond donors (Lipinski definition) is 1. The van der Waals surface area contributed by atoms with Crippen molar-refractivity contribution in [2.75, 3.05) is 0 Å². The van der Waals surface area contributed by atoms with E-state index in [1.165, 1.54) is 10.7 Å². The Morgan fingerprint density at radius 1 is 1.16 bits per heavy atom. The van der Waals surface area contributed by atoms with Crippen LogP contribution < -0.4 is 5.32 Å². The maximum atomic E-state index is 4.92. The Kier molecular flexibility index (Phi) is 5.19. The van der Waals surface area contributed by atoms with Crippen molar-refractivity contribution < 1.29 is 0 Å². The molecule has 110 valence electrons. The second-order valence-corrected chi connectivity index (χ2v) is 8.38. The van der Waals surface area contributed by atoms with E-state index in [1.807, 2.05) is 0 Å². The van der Waals surface area contributed by atoms with Gasteiger partial charge in [-0.1, -0.05) is 34.6 Å². The SMILES string of the molecule is CC(C)CC(C)(NC(C)C)c1nc(C(C)(C)C)cs1. The highest BCUT2D eigenvalue weighted by Crippen LogP contribution is 2.34. The van der Waals surface area contributed by atoms with Crippen LogP contribution in [0.3, 0.4) is 0 Å². The molecule has 1 rings (SSSR count). The van der Waals surface area contributed by atoms with Crippen LogP contribution in [0.15, 0.2) is 5.38 Å². The lowest BCUT2D eigenvalue weighted by atomic mass is 9.89. The lowest BCUT2D eigenvalue weighted by Gasteiger charge is -2.33. The summed E-state index contributed by atoms with van der Waals surface area (Å²) in [7, 11) is 0. The molecule has 1 aromatic heterocycles. The third kappa shape index (κ3) is 4.57. The lowest BCUT2D eigenvalue weighted by molar-refractivity contribution is 0.274. The minimum absolute atomic E-state index is 0.0174. The van der Waals surface area contributed by atoms with Gasteiger partial charge in [-0.15, -0.1) is 11.3 Å². The van der Waals surface area contributed by atoms with E-state index in [9.17, 15) is 0 Å². The van der Waals surface area contributed by atoms with Crippen LogP contribution in [-0.2, 0) is 11.0 Å². The molecule has 1 atom stereocenters. The number of thiazole rings is 1. The largest absolute Gasteiger partial charge is 0.303 e. The van der Waals surface area contributed by atoms with Crippen molar-refractivity contribution in [3.63, 3.8) is 0 Å². The van der Waals surface area contributed by atoms with Crippen LogP contribution in [-0.4, -0.2) is 11.0 Å². The van der Waals surface area contributed by atoms with Gasteiger partial charge >= 0.3 is 0 Å². The zero-order valence-corrected chi connectivity index (χ0v) is 14.6. The highest BCUT2D eigenvalue weighted by Gasteiger charge is 2.32. The summed E-state index contributed by atoms with van der Waals surface area (Å²) in [6.07, 6.45) is 1.11. The van der Waals surface area contributed by atoms with Gasteiger partial charge in [-0.25, -0.2) is 4.98 Å². The first-order chi connectivity index (χ1) is 8.54. The molecule has 0 spiro atoms. The molecule has 1 unspecified atom stereocenters. The maximum Gasteiger partial charge on any atom is 0.113 e. The van der Waals surface area contributed by atoms with Crippen LogP contribution in [0.5, 0.6) is 0 Å². The Morgan fingerprint density at radius 2 is 1.74 bits per heavy atom. The fourth-order valence-corrected chi connectivity index (χ4v) is 3.72. The predicted octanol–water partition coefficient (Wildman–Crippen LogP) is 4.70. The molecule has 0 amide bonds. The highest BCUT2D eigenvalue weighted by molar-refractivity contribution is 7.09. The molecule has 1 N–H and O–H groups in total. The number of hydrogen-bond acceptors (Lipinski definition) is 3. The van der Waals surface area contributed by atoms with Crippen molar-refractivity contribution in [1.82, 2.24) is 10.3 Å². The average Bonchev–Trinajstić information content (AvgIpc) is 2.61. The molecular weight excluding hydrogens is 252 g/mol. The first-order valence-electron chi connectivity index (χ1n) is 7.29. The first kappa shape index (κ1) is 16.6. The van der Waals surface area contributed by atoms with Gasteiger partial charge in [0.05, 0.1) is 11.2 Å². The molecule has 0 aliphatic carbocycles. The Balaban J connectivity index is 3.07. The molecule has 2 nitrogen and oxygen atoms in total. The zero-order chi connectivity index (χ0) is 14.8. The minimum Gasteiger partial charge on any atom is -0.303 e. The van der Waals surface area contributed by atoms with E-state index in [2.05, 4.69) is 66.1 Å². The second-order valence-electron chi connectivity index (χ2n) is 7.52. The zero-order valence-electron chi connectivity index (χ0n) is 13.8. The number of nitrogens with one attached hydrogen (secondary N) is 1. The Labute approximate surface area is 123 Å². The molecule has 1 aromatic rings. The lowest BCUT2D eigenvalue weighted by Crippen LogP contribution is -2.44. The molecule has 3 heteroatoms. The summed E-state index contributed by atoms with van der Waals surface area (Å²) in [5, 5.41) is 7.16. The van der Waals surface area contributed by atoms with Crippen LogP contribution in [0.2, 0.25) is 0 Å². The van der Waals surface area contributed by atoms with Crippen LogP contribution >= 0.6 is 11.3 Å². The highest BCUT2D eigenvalue weighted by atomic mass is 32.1. The van der Waals surface area contributed by atoms with Crippen LogP contribution in [0.1, 0.15) is 72.5 Å². The normalized spacial score (nSPS) is 16.1. The number of nitrogens with zero attached hydrogens (tertiary/aromatic N) is 1. The summed E-state index contributed by atoms with van der Waals surface area (Å²) in [4.78, 5) is 4.92. The minimum atomic E-state index is -0.0174. The summed E-state index contributed by atoms with van der Waals surface area (Å²) in [5.74, 6) is 0.651. The van der Waals surface area contributed by atoms with Gasteiger partial charge in [0, 0.05) is 16.8 Å². The quantitative estimate of drug-likeness (QED) is 0.846. The van der Waals surface area contributed by atoms with Crippen LogP contribution in [0.4, 0.5) is 0 Å². The van der Waals surface area contributed by atoms with Gasteiger partial charge in [0.15, 0.2) is 0 Å². The van der Waals surface area contributed by atoms with Gasteiger partial charge in [-0.2, -0.15) is 0 Å². The van der Waals surface area contributed by atoms with Crippen molar-refractivity contribution in [3.05, 3.63) is 16.1 Å². The first-order valence-corrected chi connectivity index (χ1v) is 8.17. The third-order valence-corrected chi connectivity index (χ3v) is 4.27. The Hall–Kier alpha value is -0.410. The summed E-state index contributed by atoms with van der Waals surface area (Å²) in [6.45, 7) is 17.9. The maximum absolute atomic E-state index is 4.92. The van der Waals surface area contributed by atoms with Crippen LogP contribution in [0, 0.1) is 5.92 Å². The van der Waals surface area contributed by atoms with Crippen molar-refractivity contribution in [2.45, 2.75) is 78.8 Å². The van der Waals surface area contributed by atoms with E-state index >= 15 is 0 Å². The Bertz CT molecular complexity index is 389. The summed E-state index contributed by atoms with van der Waals surface area (Å²) in [5.41, 5.74) is 1.31. The third-order valence-electron chi connectivity index (χ3n) is 3.17. The molecule has 1 heterocycles. The molecule has 0 saturated heterocycles. The smallest absolute Gasteiger partial charge is 0.113 e. The van der Waals surface area contributed by atoms with E-state index in [0.717, 1.165) is 6.42 Å². The van der Waals surface area contributed by atoms with Crippen molar-refractivity contribution >= 4 is 11.3 Å². The van der Waals surface area contributed by atoms with Gasteiger partial charge in [-0.3, -0.25) is 0 Å². The summed E-state index contributed by atoms with van der Waals surface area (Å²) < 4.78 is 0. The van der Waals surface area contributed by atoms with Gasteiger partial charge < -0.3 is 5.32 Å². The molecule has 0 bridgehead atoms. The summed E-state index contributed by atoms with van der Waals surface area (Å²) in [6, 6.07) is 0.464.